The normalized spacial score (nSPS) is 11.0. The molecule has 7 aromatic carbocycles. The van der Waals surface area contributed by atoms with Crippen molar-refractivity contribution in [1.82, 2.24) is 15.0 Å². The number of aromatic nitrogens is 3. The van der Waals surface area contributed by atoms with Gasteiger partial charge in [-0.2, -0.15) is 0 Å². The summed E-state index contributed by atoms with van der Waals surface area (Å²) in [7, 11) is 0. The minimum absolute atomic E-state index is 0.651. The van der Waals surface area contributed by atoms with Crippen LogP contribution in [-0.2, 0) is 0 Å². The fraction of sp³-hybridized carbons (Fsp3) is 0. The second-order valence-electron chi connectivity index (χ2n) is 11.3. The maximum atomic E-state index is 4.91. The molecule has 8 rings (SSSR count). The lowest BCUT2D eigenvalue weighted by Gasteiger charge is -2.10. The average molecular weight is 588 g/mol. The molecule has 0 unspecified atom stereocenters. The largest absolute Gasteiger partial charge is 0.208 e. The molecule has 0 aliphatic rings. The third-order valence-electron chi connectivity index (χ3n) is 8.32. The van der Waals surface area contributed by atoms with E-state index in [4.69, 9.17) is 15.0 Å². The summed E-state index contributed by atoms with van der Waals surface area (Å²) < 4.78 is 0. The maximum absolute atomic E-state index is 4.91. The Labute approximate surface area is 268 Å². The first-order valence-corrected chi connectivity index (χ1v) is 15.4. The lowest BCUT2D eigenvalue weighted by atomic mass is 9.96. The maximum Gasteiger partial charge on any atom is 0.164 e. The van der Waals surface area contributed by atoms with Crippen LogP contribution in [0.25, 0.3) is 78.3 Å². The highest BCUT2D eigenvalue weighted by atomic mass is 15.0. The third kappa shape index (κ3) is 5.58. The van der Waals surface area contributed by atoms with Gasteiger partial charge in [0.1, 0.15) is 0 Å². The summed E-state index contributed by atoms with van der Waals surface area (Å²) >= 11 is 0. The average Bonchev–Trinajstić information content (AvgIpc) is 3.15. The van der Waals surface area contributed by atoms with Crippen LogP contribution in [0.4, 0.5) is 0 Å². The number of hydrogen-bond donors (Lipinski definition) is 0. The standard InChI is InChI=1S/C43H29N3/c1-4-11-30(12-5-1)36-23-25-39-28-37(24-26-38(39)27-36)32-21-19-31(20-22-32)35-17-10-18-40(29-35)43-45-41(33-13-6-2-7-14-33)44-42(46-43)34-15-8-3-9-16-34/h1-29H. The van der Waals surface area contributed by atoms with Crippen molar-refractivity contribution in [1.29, 1.82) is 0 Å². The molecule has 0 aliphatic carbocycles. The Morgan fingerprint density at radius 1 is 0.217 bits per heavy atom. The van der Waals surface area contributed by atoms with Gasteiger partial charge in [-0.25, -0.2) is 15.0 Å². The molecule has 0 radical (unpaired) electrons. The van der Waals surface area contributed by atoms with E-state index in [0.717, 1.165) is 27.8 Å². The lowest BCUT2D eigenvalue weighted by Crippen LogP contribution is -2.00. The van der Waals surface area contributed by atoms with E-state index in [9.17, 15) is 0 Å². The number of fused-ring (bicyclic) bond motifs is 1. The first kappa shape index (κ1) is 27.4. The van der Waals surface area contributed by atoms with Gasteiger partial charge in [-0.05, 0) is 62.4 Å². The summed E-state index contributed by atoms with van der Waals surface area (Å²) in [6.07, 6.45) is 0. The van der Waals surface area contributed by atoms with Crippen molar-refractivity contribution < 1.29 is 0 Å². The van der Waals surface area contributed by atoms with Gasteiger partial charge in [0.25, 0.3) is 0 Å². The van der Waals surface area contributed by atoms with Gasteiger partial charge in [0, 0.05) is 16.7 Å². The molecule has 0 saturated carbocycles. The molecule has 1 aromatic heterocycles. The topological polar surface area (TPSA) is 38.7 Å². The number of benzene rings is 7. The van der Waals surface area contributed by atoms with Gasteiger partial charge in [0.15, 0.2) is 17.5 Å². The lowest BCUT2D eigenvalue weighted by molar-refractivity contribution is 1.07. The van der Waals surface area contributed by atoms with E-state index in [1.54, 1.807) is 0 Å². The zero-order valence-corrected chi connectivity index (χ0v) is 25.1. The number of hydrogen-bond acceptors (Lipinski definition) is 3. The molecule has 0 fully saturated rings. The summed E-state index contributed by atoms with van der Waals surface area (Å²) in [5, 5.41) is 2.47. The van der Waals surface area contributed by atoms with Crippen molar-refractivity contribution >= 4 is 10.8 Å². The highest BCUT2D eigenvalue weighted by Gasteiger charge is 2.13. The molecule has 1 heterocycles. The van der Waals surface area contributed by atoms with Gasteiger partial charge in [0.05, 0.1) is 0 Å². The molecule has 0 amide bonds. The molecule has 216 valence electrons. The van der Waals surface area contributed by atoms with Gasteiger partial charge < -0.3 is 0 Å². The summed E-state index contributed by atoms with van der Waals surface area (Å²) in [6, 6.07) is 61.3. The molecular weight excluding hydrogens is 558 g/mol. The minimum atomic E-state index is 0.651. The van der Waals surface area contributed by atoms with Crippen LogP contribution < -0.4 is 0 Å². The van der Waals surface area contributed by atoms with E-state index in [1.807, 2.05) is 60.7 Å². The van der Waals surface area contributed by atoms with E-state index >= 15 is 0 Å². The minimum Gasteiger partial charge on any atom is -0.208 e. The molecule has 0 bridgehead atoms. The summed E-state index contributed by atoms with van der Waals surface area (Å²) in [5.41, 5.74) is 9.97. The molecule has 0 atom stereocenters. The quantitative estimate of drug-likeness (QED) is 0.194. The number of nitrogens with zero attached hydrogens (tertiary/aromatic N) is 3. The van der Waals surface area contributed by atoms with Crippen molar-refractivity contribution in [2.75, 3.05) is 0 Å². The molecule has 46 heavy (non-hydrogen) atoms. The molecule has 0 N–H and O–H groups in total. The molecule has 3 nitrogen and oxygen atoms in total. The van der Waals surface area contributed by atoms with Crippen LogP contribution in [0.15, 0.2) is 176 Å². The van der Waals surface area contributed by atoms with Crippen LogP contribution in [0, 0.1) is 0 Å². The Hall–Kier alpha value is -6.19. The van der Waals surface area contributed by atoms with Gasteiger partial charge in [0.2, 0.25) is 0 Å². The van der Waals surface area contributed by atoms with E-state index < -0.39 is 0 Å². The first-order valence-electron chi connectivity index (χ1n) is 15.4. The van der Waals surface area contributed by atoms with Crippen LogP contribution in [-0.4, -0.2) is 15.0 Å². The van der Waals surface area contributed by atoms with Crippen LogP contribution in [0.1, 0.15) is 0 Å². The molecule has 0 spiro atoms. The van der Waals surface area contributed by atoms with Gasteiger partial charge in [-0.1, -0.05) is 158 Å². The Morgan fingerprint density at radius 2 is 0.543 bits per heavy atom. The monoisotopic (exact) mass is 587 g/mol. The fourth-order valence-corrected chi connectivity index (χ4v) is 5.87. The number of rotatable bonds is 6. The van der Waals surface area contributed by atoms with Crippen molar-refractivity contribution in [3.8, 4) is 67.5 Å². The van der Waals surface area contributed by atoms with Crippen molar-refractivity contribution in [2.45, 2.75) is 0 Å². The Balaban J connectivity index is 1.10. The second kappa shape index (κ2) is 12.1. The SMILES string of the molecule is c1ccc(-c2ccc3cc(-c4ccc(-c5cccc(-c6nc(-c7ccccc7)nc(-c7ccccc7)n6)c5)cc4)ccc3c2)cc1. The van der Waals surface area contributed by atoms with Crippen molar-refractivity contribution in [3.05, 3.63) is 176 Å². The van der Waals surface area contributed by atoms with Crippen molar-refractivity contribution in [3.63, 3.8) is 0 Å². The molecule has 0 aliphatic heterocycles. The van der Waals surface area contributed by atoms with E-state index in [0.29, 0.717) is 17.5 Å². The van der Waals surface area contributed by atoms with Gasteiger partial charge in [-0.15, -0.1) is 0 Å². The summed E-state index contributed by atoms with van der Waals surface area (Å²) in [5.74, 6) is 1.97. The Morgan fingerprint density at radius 3 is 1.02 bits per heavy atom. The van der Waals surface area contributed by atoms with E-state index in [-0.39, 0.29) is 0 Å². The molecule has 0 saturated heterocycles. The fourth-order valence-electron chi connectivity index (χ4n) is 5.87. The Kier molecular flexibility index (Phi) is 7.18. The van der Waals surface area contributed by atoms with Crippen LogP contribution in [0.3, 0.4) is 0 Å². The molecule has 8 aromatic rings. The highest BCUT2D eigenvalue weighted by Crippen LogP contribution is 2.32. The van der Waals surface area contributed by atoms with Crippen LogP contribution >= 0.6 is 0 Å². The van der Waals surface area contributed by atoms with E-state index in [1.165, 1.54) is 33.0 Å². The predicted molar refractivity (Wildman–Crippen MR) is 190 cm³/mol. The van der Waals surface area contributed by atoms with Crippen molar-refractivity contribution in [2.24, 2.45) is 0 Å². The zero-order valence-electron chi connectivity index (χ0n) is 25.1. The predicted octanol–water partition coefficient (Wildman–Crippen LogP) is 11.0. The second-order valence-corrected chi connectivity index (χ2v) is 11.3. The summed E-state index contributed by atoms with van der Waals surface area (Å²) in [6.45, 7) is 0. The van der Waals surface area contributed by atoms with E-state index in [2.05, 4.69) is 115 Å². The highest BCUT2D eigenvalue weighted by molar-refractivity contribution is 5.91. The van der Waals surface area contributed by atoms with Gasteiger partial charge >= 0.3 is 0 Å². The molecular formula is C43H29N3. The van der Waals surface area contributed by atoms with Crippen LogP contribution in [0.5, 0.6) is 0 Å². The smallest absolute Gasteiger partial charge is 0.164 e. The zero-order chi connectivity index (χ0) is 30.7. The molecule has 3 heteroatoms. The first-order chi connectivity index (χ1) is 22.8. The third-order valence-corrected chi connectivity index (χ3v) is 8.32. The van der Waals surface area contributed by atoms with Gasteiger partial charge in [-0.3, -0.25) is 0 Å². The summed E-state index contributed by atoms with van der Waals surface area (Å²) in [4.78, 5) is 14.7. The van der Waals surface area contributed by atoms with Crippen LogP contribution in [0.2, 0.25) is 0 Å². The Bertz CT molecular complexity index is 2220.